The van der Waals surface area contributed by atoms with Gasteiger partial charge in [-0.2, -0.15) is 0 Å². The van der Waals surface area contributed by atoms with Gasteiger partial charge in [-0.15, -0.1) is 0 Å². The Labute approximate surface area is 226 Å². The quantitative estimate of drug-likeness (QED) is 0.201. The van der Waals surface area contributed by atoms with Gasteiger partial charge in [0.1, 0.15) is 5.75 Å². The van der Waals surface area contributed by atoms with Crippen molar-refractivity contribution < 1.29 is 19.1 Å². The normalized spacial score (nSPS) is 13.7. The van der Waals surface area contributed by atoms with Gasteiger partial charge in [-0.05, 0) is 81.4 Å². The van der Waals surface area contributed by atoms with E-state index in [0.29, 0.717) is 29.0 Å². The summed E-state index contributed by atoms with van der Waals surface area (Å²) >= 11 is 11.1. The van der Waals surface area contributed by atoms with Gasteiger partial charge in [0.2, 0.25) is 0 Å². The molecule has 196 valence electrons. The fourth-order valence-electron chi connectivity index (χ4n) is 4.79. The predicted octanol–water partition coefficient (Wildman–Crippen LogP) is 5.68. The highest BCUT2D eigenvalue weighted by molar-refractivity contribution is 7.80. The third-order valence-electron chi connectivity index (χ3n) is 6.43. The van der Waals surface area contributed by atoms with Gasteiger partial charge < -0.3 is 19.4 Å². The van der Waals surface area contributed by atoms with E-state index in [1.54, 1.807) is 37.3 Å². The zero-order valence-electron chi connectivity index (χ0n) is 20.9. The first-order valence-corrected chi connectivity index (χ1v) is 13.2. The molecule has 0 saturated heterocycles. The number of amides is 1. The Morgan fingerprint density at radius 3 is 2.51 bits per heavy atom. The second-order valence-corrected chi connectivity index (χ2v) is 9.79. The number of carbonyl (C=O) groups is 2. The summed E-state index contributed by atoms with van der Waals surface area (Å²) in [4.78, 5) is 25.2. The second kappa shape index (κ2) is 12.3. The molecule has 3 aromatic rings. The van der Waals surface area contributed by atoms with Crippen molar-refractivity contribution in [3.8, 4) is 5.75 Å². The van der Waals surface area contributed by atoms with E-state index in [-0.39, 0.29) is 17.7 Å². The van der Waals surface area contributed by atoms with Crippen LogP contribution in [0.15, 0.2) is 42.5 Å². The molecule has 1 aromatic heterocycles. The maximum atomic E-state index is 12.9. The minimum atomic E-state index is -0.415. The van der Waals surface area contributed by atoms with Gasteiger partial charge >= 0.3 is 5.97 Å². The standard InChI is InChI=1S/C27H31ClN4O4S/c1-3-35-26(34)25-17(2)32(20-7-5-4-6-8-20)23-14-13-21(15-22(23)25)36-16-24(33)30-31-27(37)29-19-11-9-18(28)10-12-19/h9-15,20H,3-8,16H2,1-2H3,(H,30,33)(H2,29,31,37). The van der Waals surface area contributed by atoms with E-state index in [0.717, 1.165) is 35.1 Å². The molecule has 8 nitrogen and oxygen atoms in total. The summed E-state index contributed by atoms with van der Waals surface area (Å²) in [6.45, 7) is 3.83. The van der Waals surface area contributed by atoms with Gasteiger partial charge in [-0.1, -0.05) is 30.9 Å². The number of carbonyl (C=O) groups excluding carboxylic acids is 2. The van der Waals surface area contributed by atoms with Gasteiger partial charge in [0.25, 0.3) is 5.91 Å². The lowest BCUT2D eigenvalue weighted by Gasteiger charge is -2.26. The van der Waals surface area contributed by atoms with Crippen molar-refractivity contribution in [1.29, 1.82) is 0 Å². The van der Waals surface area contributed by atoms with E-state index in [1.807, 2.05) is 19.1 Å². The Morgan fingerprint density at radius 1 is 1.08 bits per heavy atom. The average molecular weight is 543 g/mol. The number of rotatable bonds is 7. The summed E-state index contributed by atoms with van der Waals surface area (Å²) < 4.78 is 13.4. The largest absolute Gasteiger partial charge is 0.484 e. The van der Waals surface area contributed by atoms with Crippen molar-refractivity contribution in [1.82, 2.24) is 15.4 Å². The highest BCUT2D eigenvalue weighted by Crippen LogP contribution is 2.37. The number of hydrazine groups is 1. The van der Waals surface area contributed by atoms with Crippen molar-refractivity contribution in [3.05, 3.63) is 58.7 Å². The van der Waals surface area contributed by atoms with Crippen LogP contribution in [0.4, 0.5) is 5.69 Å². The molecule has 1 fully saturated rings. The molecule has 0 bridgehead atoms. The lowest BCUT2D eigenvalue weighted by atomic mass is 9.95. The van der Waals surface area contributed by atoms with E-state index in [9.17, 15) is 9.59 Å². The van der Waals surface area contributed by atoms with Crippen LogP contribution in [-0.2, 0) is 9.53 Å². The number of ether oxygens (including phenoxy) is 2. The summed E-state index contributed by atoms with van der Waals surface area (Å²) in [6.07, 6.45) is 5.79. The van der Waals surface area contributed by atoms with Crippen LogP contribution in [0.2, 0.25) is 5.02 Å². The molecule has 0 radical (unpaired) electrons. The zero-order chi connectivity index (χ0) is 26.4. The van der Waals surface area contributed by atoms with Gasteiger partial charge in [0.05, 0.1) is 12.2 Å². The number of hydrogen-bond donors (Lipinski definition) is 3. The number of thiocarbonyl (C=S) groups is 1. The number of benzene rings is 2. The van der Waals surface area contributed by atoms with E-state index < -0.39 is 5.91 Å². The molecular weight excluding hydrogens is 512 g/mol. The van der Waals surface area contributed by atoms with Crippen LogP contribution in [0.25, 0.3) is 10.9 Å². The summed E-state index contributed by atoms with van der Waals surface area (Å²) in [5.41, 5.74) is 8.31. The van der Waals surface area contributed by atoms with Crippen molar-refractivity contribution >= 4 is 57.4 Å². The van der Waals surface area contributed by atoms with Crippen molar-refractivity contribution in [2.45, 2.75) is 52.0 Å². The summed E-state index contributed by atoms with van der Waals surface area (Å²) in [6, 6.07) is 12.9. The molecular formula is C27H31ClN4O4S. The molecule has 0 aliphatic heterocycles. The van der Waals surface area contributed by atoms with Crippen molar-refractivity contribution in [2.75, 3.05) is 18.5 Å². The molecule has 0 spiro atoms. The van der Waals surface area contributed by atoms with Gasteiger partial charge in [-0.3, -0.25) is 15.6 Å². The molecule has 1 amide bonds. The molecule has 37 heavy (non-hydrogen) atoms. The van der Waals surface area contributed by atoms with Gasteiger partial charge in [0.15, 0.2) is 11.7 Å². The number of anilines is 1. The topological polar surface area (TPSA) is 93.6 Å². The first-order valence-electron chi connectivity index (χ1n) is 12.4. The number of nitrogens with one attached hydrogen (secondary N) is 3. The summed E-state index contributed by atoms with van der Waals surface area (Å²) in [5, 5.41) is 4.54. The maximum Gasteiger partial charge on any atom is 0.340 e. The number of esters is 1. The van der Waals surface area contributed by atoms with E-state index in [1.165, 1.54) is 19.3 Å². The number of halogens is 1. The molecule has 1 heterocycles. The minimum absolute atomic E-state index is 0.218. The first-order chi connectivity index (χ1) is 17.9. The molecule has 10 heteroatoms. The third-order valence-corrected chi connectivity index (χ3v) is 6.88. The highest BCUT2D eigenvalue weighted by Gasteiger charge is 2.26. The van der Waals surface area contributed by atoms with Crippen molar-refractivity contribution in [3.63, 3.8) is 0 Å². The fraction of sp³-hybridized carbons (Fsp3) is 0.370. The molecule has 0 unspecified atom stereocenters. The predicted molar refractivity (Wildman–Crippen MR) is 149 cm³/mol. The molecule has 1 aliphatic rings. The second-order valence-electron chi connectivity index (χ2n) is 8.94. The Balaban J connectivity index is 1.43. The number of aromatic nitrogens is 1. The number of nitrogens with zero attached hydrogens (tertiary/aromatic N) is 1. The molecule has 4 rings (SSSR count). The Morgan fingerprint density at radius 2 is 1.81 bits per heavy atom. The Kier molecular flexibility index (Phi) is 8.89. The Hall–Kier alpha value is -3.30. The molecule has 1 aliphatic carbocycles. The summed E-state index contributed by atoms with van der Waals surface area (Å²) in [7, 11) is 0. The van der Waals surface area contributed by atoms with Crippen LogP contribution in [-0.4, -0.2) is 34.8 Å². The molecule has 3 N–H and O–H groups in total. The first kappa shape index (κ1) is 26.8. The van der Waals surface area contributed by atoms with E-state index >= 15 is 0 Å². The zero-order valence-corrected chi connectivity index (χ0v) is 22.5. The third kappa shape index (κ3) is 6.53. The maximum absolute atomic E-state index is 12.9. The lowest BCUT2D eigenvalue weighted by molar-refractivity contribution is -0.123. The van der Waals surface area contributed by atoms with E-state index in [4.69, 9.17) is 33.3 Å². The van der Waals surface area contributed by atoms with Crippen LogP contribution >= 0.6 is 23.8 Å². The van der Waals surface area contributed by atoms with Crippen LogP contribution in [0.5, 0.6) is 5.75 Å². The average Bonchev–Trinajstić information content (AvgIpc) is 3.19. The van der Waals surface area contributed by atoms with Gasteiger partial charge in [-0.25, -0.2) is 4.79 Å². The van der Waals surface area contributed by atoms with Crippen molar-refractivity contribution in [2.24, 2.45) is 0 Å². The van der Waals surface area contributed by atoms with Crippen LogP contribution in [0.1, 0.15) is 61.1 Å². The summed E-state index contributed by atoms with van der Waals surface area (Å²) in [5.74, 6) is -0.280. The molecule has 0 atom stereocenters. The highest BCUT2D eigenvalue weighted by atomic mass is 35.5. The smallest absolute Gasteiger partial charge is 0.340 e. The lowest BCUT2D eigenvalue weighted by Crippen LogP contribution is -2.45. The van der Waals surface area contributed by atoms with Crippen LogP contribution in [0, 0.1) is 6.92 Å². The molecule has 1 saturated carbocycles. The van der Waals surface area contributed by atoms with Crippen LogP contribution in [0.3, 0.4) is 0 Å². The van der Waals surface area contributed by atoms with E-state index in [2.05, 4.69) is 20.7 Å². The monoisotopic (exact) mass is 542 g/mol. The van der Waals surface area contributed by atoms with Gasteiger partial charge in [0, 0.05) is 33.3 Å². The Bertz CT molecular complexity index is 1290. The number of hydrogen-bond acceptors (Lipinski definition) is 5. The van der Waals surface area contributed by atoms with Crippen LogP contribution < -0.4 is 20.9 Å². The SMILES string of the molecule is CCOC(=O)c1c(C)n(C2CCCCC2)c2ccc(OCC(=O)NNC(=S)Nc3ccc(Cl)cc3)cc12. The molecule has 2 aromatic carbocycles. The number of fused-ring (bicyclic) bond motifs is 1. The fourth-order valence-corrected chi connectivity index (χ4v) is 5.08. The minimum Gasteiger partial charge on any atom is -0.484 e.